The Balaban J connectivity index is 1.24. The van der Waals surface area contributed by atoms with Crippen LogP contribution in [0.25, 0.3) is 0 Å². The largest absolute Gasteiger partial charge is 0.355 e. The van der Waals surface area contributed by atoms with Crippen molar-refractivity contribution in [2.45, 2.75) is 51.5 Å². The summed E-state index contributed by atoms with van der Waals surface area (Å²) < 4.78 is 2.08. The van der Waals surface area contributed by atoms with E-state index in [1.54, 1.807) is 12.4 Å². The van der Waals surface area contributed by atoms with Gasteiger partial charge in [0, 0.05) is 11.6 Å². The van der Waals surface area contributed by atoms with Gasteiger partial charge in [-0.3, -0.25) is 4.79 Å². The molecular formula is C24H27N6OS+. The van der Waals surface area contributed by atoms with Crippen molar-refractivity contribution in [3.8, 4) is 0 Å². The van der Waals surface area contributed by atoms with Crippen molar-refractivity contribution in [2.75, 3.05) is 17.2 Å². The first-order valence-corrected chi connectivity index (χ1v) is 12.0. The molecule has 1 atom stereocenters. The fourth-order valence-electron chi connectivity index (χ4n) is 4.28. The number of rotatable bonds is 7. The number of carbonyl (C=O) groups is 1. The van der Waals surface area contributed by atoms with Crippen molar-refractivity contribution < 1.29 is 9.37 Å². The van der Waals surface area contributed by atoms with Crippen LogP contribution in [0.15, 0.2) is 36.7 Å². The number of benzene rings is 1. The van der Waals surface area contributed by atoms with E-state index in [2.05, 4.69) is 44.0 Å². The van der Waals surface area contributed by atoms with Gasteiger partial charge in [-0.2, -0.15) is 0 Å². The lowest BCUT2D eigenvalue weighted by atomic mass is 10.1. The first-order chi connectivity index (χ1) is 15.6. The van der Waals surface area contributed by atoms with Crippen molar-refractivity contribution in [3.63, 3.8) is 0 Å². The molecule has 2 aromatic heterocycles. The molecule has 8 heteroatoms. The van der Waals surface area contributed by atoms with Crippen LogP contribution in [-0.4, -0.2) is 38.2 Å². The van der Waals surface area contributed by atoms with Crippen molar-refractivity contribution in [2.24, 2.45) is 0 Å². The summed E-state index contributed by atoms with van der Waals surface area (Å²) in [6, 6.07) is 7.91. The number of hydrogen-bond donors (Lipinski definition) is 2. The fraction of sp³-hybridized carbons (Fsp3) is 0.375. The van der Waals surface area contributed by atoms with Crippen molar-refractivity contribution in [1.29, 1.82) is 0 Å². The van der Waals surface area contributed by atoms with Gasteiger partial charge in [0.05, 0.1) is 30.0 Å². The molecule has 1 aliphatic heterocycles. The Morgan fingerprint density at radius 3 is 2.91 bits per heavy atom. The van der Waals surface area contributed by atoms with Crippen LogP contribution in [0.3, 0.4) is 0 Å². The average Bonchev–Trinajstić information content (AvgIpc) is 3.48. The lowest BCUT2D eigenvalue weighted by Gasteiger charge is -2.16. The molecule has 1 saturated carbocycles. The van der Waals surface area contributed by atoms with Crippen LogP contribution in [-0.2, 0) is 0 Å². The first kappa shape index (κ1) is 20.8. The minimum atomic E-state index is -0.103. The molecule has 0 radical (unpaired) electrons. The molecule has 2 aliphatic rings. The van der Waals surface area contributed by atoms with Crippen LogP contribution < -0.4 is 10.6 Å². The smallest absolute Gasteiger partial charge is 0.342 e. The van der Waals surface area contributed by atoms with Crippen LogP contribution in [0, 0.1) is 0 Å². The highest BCUT2D eigenvalue weighted by atomic mass is 32.1. The van der Waals surface area contributed by atoms with Crippen LogP contribution in [0.1, 0.15) is 77.4 Å². The van der Waals surface area contributed by atoms with Gasteiger partial charge in [0.1, 0.15) is 11.1 Å². The summed E-state index contributed by atoms with van der Waals surface area (Å²) in [7, 11) is 0. The average molecular weight is 448 g/mol. The van der Waals surface area contributed by atoms with E-state index >= 15 is 0 Å². The molecule has 1 amide bonds. The Morgan fingerprint density at radius 1 is 1.25 bits per heavy atom. The zero-order valence-corrected chi connectivity index (χ0v) is 19.2. The molecule has 3 heterocycles. The zero-order valence-electron chi connectivity index (χ0n) is 18.3. The topological polar surface area (TPSA) is 82.8 Å². The van der Waals surface area contributed by atoms with E-state index in [-0.39, 0.29) is 11.9 Å². The summed E-state index contributed by atoms with van der Waals surface area (Å²) in [4.78, 5) is 27.1. The maximum absolute atomic E-state index is 12.8. The van der Waals surface area contributed by atoms with Gasteiger partial charge in [-0.25, -0.2) is 14.5 Å². The molecule has 0 saturated heterocycles. The zero-order chi connectivity index (χ0) is 22.1. The number of fused-ring (bicyclic) bond motifs is 1. The molecule has 1 aromatic carbocycles. The lowest BCUT2D eigenvalue weighted by molar-refractivity contribution is -0.447. The Bertz CT molecular complexity index is 1180. The number of amides is 1. The highest BCUT2D eigenvalue weighted by Crippen LogP contribution is 2.36. The van der Waals surface area contributed by atoms with Gasteiger partial charge in [-0.05, 0) is 49.4 Å². The van der Waals surface area contributed by atoms with Gasteiger partial charge < -0.3 is 10.6 Å². The number of carbonyl (C=O) groups excluding carboxylic acids is 1. The lowest BCUT2D eigenvalue weighted by Crippen LogP contribution is -2.22. The summed E-state index contributed by atoms with van der Waals surface area (Å²) in [6.07, 6.45) is 10.4. The molecule has 0 bridgehead atoms. The minimum Gasteiger partial charge on any atom is -0.342 e. The van der Waals surface area contributed by atoms with E-state index in [0.717, 1.165) is 40.1 Å². The van der Waals surface area contributed by atoms with Crippen LogP contribution >= 0.6 is 11.3 Å². The van der Waals surface area contributed by atoms with Gasteiger partial charge >= 0.3 is 5.82 Å². The second-order valence-corrected chi connectivity index (χ2v) is 9.43. The summed E-state index contributed by atoms with van der Waals surface area (Å²) in [6.45, 7) is 5.04. The quantitative estimate of drug-likeness (QED) is 0.492. The molecule has 1 fully saturated rings. The number of anilines is 2. The first-order valence-electron chi connectivity index (χ1n) is 11.2. The Labute approximate surface area is 191 Å². The summed E-state index contributed by atoms with van der Waals surface area (Å²) >= 11 is 1.52. The maximum Gasteiger partial charge on any atom is 0.355 e. The second-order valence-electron chi connectivity index (χ2n) is 8.37. The number of nitrogens with zero attached hydrogens (tertiary/aromatic N) is 4. The predicted molar refractivity (Wildman–Crippen MR) is 127 cm³/mol. The third-order valence-electron chi connectivity index (χ3n) is 6.13. The Morgan fingerprint density at radius 2 is 2.09 bits per heavy atom. The van der Waals surface area contributed by atoms with Gasteiger partial charge in [0.15, 0.2) is 5.69 Å². The summed E-state index contributed by atoms with van der Waals surface area (Å²) in [5, 5.41) is 7.54. The standard InChI is InChI=1S/C24H26N6OS/c1-3-30-14-19-22(30)29-21(13-25-19)27-15(2)17-9-6-10-18(11-17)28-23(31)20-12-26-24(32-20)16-7-4-5-8-16/h6,9-16H,3-5,7-8H2,1-2H3,(H,28,31)/p+1. The van der Waals surface area contributed by atoms with E-state index in [1.165, 1.54) is 37.0 Å². The molecular weight excluding hydrogens is 420 g/mol. The second kappa shape index (κ2) is 8.78. The van der Waals surface area contributed by atoms with E-state index in [4.69, 9.17) is 0 Å². The SMILES string of the molecule is CC[N+]1=Cc2ncc(NC(C)c3cccc(NC(=O)c4cnc(C5CCCC5)s4)c3)nc21. The van der Waals surface area contributed by atoms with Crippen molar-refractivity contribution >= 4 is 40.8 Å². The molecule has 1 aliphatic carbocycles. The molecule has 7 nitrogen and oxygen atoms in total. The van der Waals surface area contributed by atoms with E-state index in [9.17, 15) is 4.79 Å². The summed E-state index contributed by atoms with van der Waals surface area (Å²) in [5.74, 6) is 2.07. The Hall–Kier alpha value is -3.13. The van der Waals surface area contributed by atoms with Crippen LogP contribution in [0.2, 0.25) is 0 Å². The number of hydrogen-bond acceptors (Lipinski definition) is 6. The van der Waals surface area contributed by atoms with Crippen LogP contribution in [0.5, 0.6) is 0 Å². The van der Waals surface area contributed by atoms with Gasteiger partial charge in [-0.15, -0.1) is 11.3 Å². The highest BCUT2D eigenvalue weighted by Gasteiger charge is 2.28. The third kappa shape index (κ3) is 4.14. The molecule has 0 spiro atoms. The van der Waals surface area contributed by atoms with E-state index in [0.29, 0.717) is 10.8 Å². The normalized spacial score (nSPS) is 16.1. The monoisotopic (exact) mass is 447 g/mol. The third-order valence-corrected chi connectivity index (χ3v) is 7.29. The molecule has 164 valence electrons. The van der Waals surface area contributed by atoms with E-state index < -0.39 is 0 Å². The molecule has 1 unspecified atom stereocenters. The van der Waals surface area contributed by atoms with Gasteiger partial charge in [0.25, 0.3) is 11.7 Å². The van der Waals surface area contributed by atoms with Crippen molar-refractivity contribution in [1.82, 2.24) is 15.0 Å². The van der Waals surface area contributed by atoms with Crippen LogP contribution in [0.4, 0.5) is 17.3 Å². The maximum atomic E-state index is 12.8. The molecule has 32 heavy (non-hydrogen) atoms. The van der Waals surface area contributed by atoms with Gasteiger partial charge in [-0.1, -0.05) is 25.0 Å². The fourth-order valence-corrected chi connectivity index (χ4v) is 5.26. The highest BCUT2D eigenvalue weighted by molar-refractivity contribution is 7.13. The molecule has 5 rings (SSSR count). The number of nitrogens with one attached hydrogen (secondary N) is 2. The Kier molecular flexibility index (Phi) is 5.70. The summed E-state index contributed by atoms with van der Waals surface area (Å²) in [5.41, 5.74) is 2.75. The van der Waals surface area contributed by atoms with Gasteiger partial charge in [0.2, 0.25) is 0 Å². The minimum absolute atomic E-state index is 0.00992. The molecule has 2 N–H and O–H groups in total. The van der Waals surface area contributed by atoms with Crippen molar-refractivity contribution in [3.05, 3.63) is 57.8 Å². The number of aromatic nitrogens is 3. The molecule has 3 aromatic rings. The van der Waals surface area contributed by atoms with E-state index in [1.807, 2.05) is 30.5 Å². The number of thiazole rings is 1. The predicted octanol–water partition coefficient (Wildman–Crippen LogP) is 5.11.